The number of rotatable bonds is 5. The number of benzene rings is 1. The van der Waals surface area contributed by atoms with Crippen LogP contribution in [0.25, 0.3) is 0 Å². The quantitative estimate of drug-likeness (QED) is 0.908. The monoisotopic (exact) mass is 312 g/mol. The first-order valence-electron chi connectivity index (χ1n) is 7.38. The highest BCUT2D eigenvalue weighted by atomic mass is 35.5. The second kappa shape index (κ2) is 8.90. The fourth-order valence-corrected chi connectivity index (χ4v) is 2.58. The molecule has 0 aliphatic carbocycles. The largest absolute Gasteiger partial charge is 0.494 e. The molecule has 0 bridgehead atoms. The van der Waals surface area contributed by atoms with E-state index in [0.29, 0.717) is 13.2 Å². The van der Waals surface area contributed by atoms with E-state index in [4.69, 9.17) is 4.74 Å². The zero-order valence-electron chi connectivity index (χ0n) is 12.8. The maximum absolute atomic E-state index is 12.3. The number of carbonyl (C=O) groups is 1. The fourth-order valence-electron chi connectivity index (χ4n) is 2.58. The molecule has 118 valence electrons. The predicted molar refractivity (Wildman–Crippen MR) is 86.9 cm³/mol. The number of hydrogen-bond acceptors (Lipinski definition) is 3. The smallest absolute Gasteiger partial charge is 0.227 e. The Morgan fingerprint density at radius 3 is 2.67 bits per heavy atom. The van der Waals surface area contributed by atoms with Gasteiger partial charge in [-0.15, -0.1) is 12.4 Å². The van der Waals surface area contributed by atoms with Crippen LogP contribution in [0, 0.1) is 5.92 Å². The number of nitrogens with one attached hydrogen (secondary N) is 1. The molecule has 0 radical (unpaired) electrons. The van der Waals surface area contributed by atoms with Crippen molar-refractivity contribution in [1.29, 1.82) is 0 Å². The summed E-state index contributed by atoms with van der Waals surface area (Å²) in [5.41, 5.74) is 1.13. The summed E-state index contributed by atoms with van der Waals surface area (Å²) in [6.45, 7) is 5.14. The minimum Gasteiger partial charge on any atom is -0.494 e. The summed E-state index contributed by atoms with van der Waals surface area (Å²) in [6.07, 6.45) is 2.09. The van der Waals surface area contributed by atoms with Crippen LogP contribution in [-0.2, 0) is 11.3 Å². The number of hydrogen-bond donors (Lipinski definition) is 1. The molecule has 5 heteroatoms. The summed E-state index contributed by atoms with van der Waals surface area (Å²) in [5.74, 6) is 1.25. The Bertz CT molecular complexity index is 430. The molecule has 0 spiro atoms. The number of amides is 1. The molecular weight excluding hydrogens is 288 g/mol. The van der Waals surface area contributed by atoms with Crippen LogP contribution in [0.5, 0.6) is 5.75 Å². The van der Waals surface area contributed by atoms with Crippen molar-refractivity contribution < 1.29 is 9.53 Å². The van der Waals surface area contributed by atoms with Gasteiger partial charge in [-0.25, -0.2) is 0 Å². The minimum atomic E-state index is 0. The first kappa shape index (κ1) is 17.8. The summed E-state index contributed by atoms with van der Waals surface area (Å²) in [6, 6.07) is 7.96. The van der Waals surface area contributed by atoms with Crippen LogP contribution in [-0.4, -0.2) is 37.6 Å². The molecule has 1 saturated heterocycles. The van der Waals surface area contributed by atoms with Gasteiger partial charge in [0.15, 0.2) is 0 Å². The molecular formula is C16H25ClN2O2. The van der Waals surface area contributed by atoms with Crippen LogP contribution < -0.4 is 10.1 Å². The van der Waals surface area contributed by atoms with Crippen molar-refractivity contribution in [2.45, 2.75) is 26.3 Å². The van der Waals surface area contributed by atoms with E-state index in [1.807, 2.05) is 43.1 Å². The Hall–Kier alpha value is -1.26. The summed E-state index contributed by atoms with van der Waals surface area (Å²) in [4.78, 5) is 14.2. The highest BCUT2D eigenvalue weighted by Gasteiger charge is 2.23. The van der Waals surface area contributed by atoms with Crippen molar-refractivity contribution in [3.63, 3.8) is 0 Å². The molecule has 1 fully saturated rings. The predicted octanol–water partition coefficient (Wildman–Crippen LogP) is 2.47. The minimum absolute atomic E-state index is 0. The van der Waals surface area contributed by atoms with Crippen LogP contribution in [0.15, 0.2) is 24.3 Å². The fraction of sp³-hybridized carbons (Fsp3) is 0.562. The van der Waals surface area contributed by atoms with Crippen molar-refractivity contribution in [2.75, 3.05) is 26.7 Å². The summed E-state index contributed by atoms with van der Waals surface area (Å²) in [5, 5.41) is 3.29. The van der Waals surface area contributed by atoms with Crippen LogP contribution in [0.2, 0.25) is 0 Å². The Morgan fingerprint density at radius 1 is 1.38 bits per heavy atom. The van der Waals surface area contributed by atoms with Gasteiger partial charge in [-0.1, -0.05) is 12.1 Å². The topological polar surface area (TPSA) is 41.6 Å². The van der Waals surface area contributed by atoms with Crippen LogP contribution >= 0.6 is 12.4 Å². The van der Waals surface area contributed by atoms with Crippen molar-refractivity contribution in [3.8, 4) is 5.75 Å². The van der Waals surface area contributed by atoms with Crippen LogP contribution in [0.1, 0.15) is 25.3 Å². The lowest BCUT2D eigenvalue weighted by molar-refractivity contribution is -0.135. The molecule has 1 N–H and O–H groups in total. The highest BCUT2D eigenvalue weighted by Crippen LogP contribution is 2.16. The first-order chi connectivity index (χ1) is 9.70. The number of halogens is 1. The van der Waals surface area contributed by atoms with Gasteiger partial charge in [0.1, 0.15) is 5.75 Å². The van der Waals surface area contributed by atoms with Gasteiger partial charge >= 0.3 is 0 Å². The van der Waals surface area contributed by atoms with Gasteiger partial charge < -0.3 is 15.0 Å². The van der Waals surface area contributed by atoms with Crippen molar-refractivity contribution in [1.82, 2.24) is 10.2 Å². The van der Waals surface area contributed by atoms with Gasteiger partial charge in [-0.2, -0.15) is 0 Å². The van der Waals surface area contributed by atoms with E-state index in [-0.39, 0.29) is 24.2 Å². The van der Waals surface area contributed by atoms with E-state index < -0.39 is 0 Å². The average molecular weight is 313 g/mol. The highest BCUT2D eigenvalue weighted by molar-refractivity contribution is 5.85. The van der Waals surface area contributed by atoms with Crippen molar-refractivity contribution in [2.24, 2.45) is 5.92 Å². The Labute approximate surface area is 133 Å². The molecule has 21 heavy (non-hydrogen) atoms. The van der Waals surface area contributed by atoms with Gasteiger partial charge in [0.05, 0.1) is 12.5 Å². The molecule has 0 aromatic heterocycles. The second-order valence-electron chi connectivity index (χ2n) is 5.31. The third kappa shape index (κ3) is 5.21. The lowest BCUT2D eigenvalue weighted by Gasteiger charge is -2.27. The number of nitrogens with zero attached hydrogens (tertiary/aromatic N) is 1. The molecule has 1 aliphatic heterocycles. The maximum Gasteiger partial charge on any atom is 0.227 e. The number of ether oxygens (including phenoxy) is 1. The normalized spacial score (nSPS) is 17.7. The lowest BCUT2D eigenvalue weighted by Crippen LogP contribution is -2.41. The Kier molecular flexibility index (Phi) is 7.54. The molecule has 1 atom stereocenters. The summed E-state index contributed by atoms with van der Waals surface area (Å²) in [7, 11) is 1.88. The summed E-state index contributed by atoms with van der Waals surface area (Å²) >= 11 is 0. The van der Waals surface area contributed by atoms with Crippen molar-refractivity contribution in [3.05, 3.63) is 29.8 Å². The Balaban J connectivity index is 0.00000220. The van der Waals surface area contributed by atoms with Gasteiger partial charge in [0.2, 0.25) is 5.91 Å². The molecule has 1 heterocycles. The number of carbonyl (C=O) groups excluding carboxylic acids is 1. The lowest BCUT2D eigenvalue weighted by atomic mass is 9.98. The van der Waals surface area contributed by atoms with Gasteiger partial charge in [-0.05, 0) is 44.0 Å². The molecule has 2 rings (SSSR count). The van der Waals surface area contributed by atoms with E-state index in [1.54, 1.807) is 0 Å². The molecule has 1 aromatic rings. The zero-order valence-corrected chi connectivity index (χ0v) is 13.6. The molecule has 1 unspecified atom stereocenters. The van der Waals surface area contributed by atoms with Gasteiger partial charge in [0, 0.05) is 20.1 Å². The van der Waals surface area contributed by atoms with Crippen LogP contribution in [0.3, 0.4) is 0 Å². The Morgan fingerprint density at radius 2 is 2.10 bits per heavy atom. The molecule has 0 saturated carbocycles. The zero-order chi connectivity index (χ0) is 14.4. The molecule has 1 aromatic carbocycles. The van der Waals surface area contributed by atoms with E-state index >= 15 is 0 Å². The van der Waals surface area contributed by atoms with E-state index in [0.717, 1.165) is 37.2 Å². The molecule has 4 nitrogen and oxygen atoms in total. The maximum atomic E-state index is 12.3. The summed E-state index contributed by atoms with van der Waals surface area (Å²) < 4.78 is 5.42. The van der Waals surface area contributed by atoms with Gasteiger partial charge in [0.25, 0.3) is 0 Å². The molecule has 1 amide bonds. The third-order valence-electron chi connectivity index (χ3n) is 3.68. The van der Waals surface area contributed by atoms with E-state index in [2.05, 4.69) is 5.32 Å². The standard InChI is InChI=1S/C16H24N2O2.ClH/c1-3-20-15-8-6-13(7-9-15)12-18(2)16(19)14-5-4-10-17-11-14;/h6-9,14,17H,3-5,10-12H2,1-2H3;1H. The van der Waals surface area contributed by atoms with Crippen LogP contribution in [0.4, 0.5) is 0 Å². The third-order valence-corrected chi connectivity index (χ3v) is 3.68. The van der Waals surface area contributed by atoms with Gasteiger partial charge in [-0.3, -0.25) is 4.79 Å². The van der Waals surface area contributed by atoms with Crippen molar-refractivity contribution >= 4 is 18.3 Å². The second-order valence-corrected chi connectivity index (χ2v) is 5.31. The molecule has 1 aliphatic rings. The first-order valence-corrected chi connectivity index (χ1v) is 7.38. The number of piperidine rings is 1. The van der Waals surface area contributed by atoms with E-state index in [1.165, 1.54) is 0 Å². The van der Waals surface area contributed by atoms with E-state index in [9.17, 15) is 4.79 Å². The SMILES string of the molecule is CCOc1ccc(CN(C)C(=O)C2CCCNC2)cc1.Cl. The average Bonchev–Trinajstić information content (AvgIpc) is 2.49.